The summed E-state index contributed by atoms with van der Waals surface area (Å²) in [7, 11) is 1.87. The molecule has 1 aromatic carbocycles. The number of nitrogens with one attached hydrogen (secondary N) is 1. The van der Waals surface area contributed by atoms with E-state index in [-0.39, 0.29) is 35.3 Å². The van der Waals surface area contributed by atoms with Gasteiger partial charge in [-0.05, 0) is 64.8 Å². The second-order valence-electron chi connectivity index (χ2n) is 10.2. The highest BCUT2D eigenvalue weighted by atomic mass is 35.5. The predicted octanol–water partition coefficient (Wildman–Crippen LogP) is 4.50. The molecular formula is C24H30ClN7O. The Bertz CT molecular complexity index is 1290. The standard InChI is InChI=1S/C24H29N7O.ClH/c1-23(2)12-17(13-24(3,4)29-23)31-22-16(14-25-31)10-20(26-27-22)18-7-6-15(11-21(18)32)19-8-9-30(5)28-19;/h6-11,14,17,29,32H,12-13H2,1-5H3;1H. The number of fused-ring (bicyclic) bond motifs is 1. The molecule has 33 heavy (non-hydrogen) atoms. The van der Waals surface area contributed by atoms with Crippen LogP contribution < -0.4 is 5.32 Å². The number of hydrogen-bond donors (Lipinski definition) is 2. The summed E-state index contributed by atoms with van der Waals surface area (Å²) in [6, 6.07) is 9.61. The molecule has 4 heterocycles. The highest BCUT2D eigenvalue weighted by Crippen LogP contribution is 2.37. The van der Waals surface area contributed by atoms with Crippen molar-refractivity contribution in [1.82, 2.24) is 35.1 Å². The molecular weight excluding hydrogens is 438 g/mol. The number of hydrogen-bond acceptors (Lipinski definition) is 6. The number of aromatic nitrogens is 6. The molecule has 0 spiro atoms. The Morgan fingerprint density at radius 3 is 2.36 bits per heavy atom. The van der Waals surface area contributed by atoms with Gasteiger partial charge in [-0.2, -0.15) is 10.2 Å². The molecule has 0 radical (unpaired) electrons. The van der Waals surface area contributed by atoms with Crippen molar-refractivity contribution in [2.45, 2.75) is 57.7 Å². The summed E-state index contributed by atoms with van der Waals surface area (Å²) in [6.45, 7) is 8.92. The minimum Gasteiger partial charge on any atom is -0.507 e. The number of rotatable bonds is 3. The van der Waals surface area contributed by atoms with E-state index < -0.39 is 0 Å². The molecule has 1 fully saturated rings. The number of piperidine rings is 1. The maximum atomic E-state index is 10.7. The maximum Gasteiger partial charge on any atom is 0.180 e. The zero-order chi connectivity index (χ0) is 22.7. The van der Waals surface area contributed by atoms with Crippen molar-refractivity contribution < 1.29 is 5.11 Å². The molecule has 0 saturated carbocycles. The van der Waals surface area contributed by atoms with Gasteiger partial charge in [-0.1, -0.05) is 6.07 Å². The molecule has 0 amide bonds. The molecule has 1 saturated heterocycles. The number of aromatic hydroxyl groups is 1. The van der Waals surface area contributed by atoms with Gasteiger partial charge in [0.25, 0.3) is 0 Å². The first-order chi connectivity index (χ1) is 15.1. The van der Waals surface area contributed by atoms with Gasteiger partial charge in [0.05, 0.1) is 23.6 Å². The van der Waals surface area contributed by atoms with E-state index >= 15 is 0 Å². The maximum absolute atomic E-state index is 10.7. The Kier molecular flexibility index (Phi) is 5.70. The van der Waals surface area contributed by atoms with Gasteiger partial charge >= 0.3 is 0 Å². The SMILES string of the molecule is Cl.Cn1ccc(-c2ccc(-c3cc4cnn(C5CC(C)(C)NC(C)(C)C5)c4nn3)c(O)c2)n1. The molecule has 4 aromatic rings. The van der Waals surface area contributed by atoms with Crippen LogP contribution in [0.15, 0.2) is 42.7 Å². The van der Waals surface area contributed by atoms with Gasteiger partial charge in [0.1, 0.15) is 5.75 Å². The van der Waals surface area contributed by atoms with Crippen molar-refractivity contribution in [1.29, 1.82) is 0 Å². The van der Waals surface area contributed by atoms with Crippen LogP contribution in [0, 0.1) is 0 Å². The monoisotopic (exact) mass is 467 g/mol. The van der Waals surface area contributed by atoms with Crippen LogP contribution in [-0.4, -0.2) is 45.9 Å². The van der Waals surface area contributed by atoms with Gasteiger partial charge in [0, 0.05) is 40.8 Å². The van der Waals surface area contributed by atoms with Crippen molar-refractivity contribution in [3.05, 3.63) is 42.7 Å². The Labute approximate surface area is 199 Å². The van der Waals surface area contributed by atoms with Gasteiger partial charge < -0.3 is 10.4 Å². The minimum atomic E-state index is 0. The van der Waals surface area contributed by atoms with Crippen molar-refractivity contribution in [3.8, 4) is 28.3 Å². The van der Waals surface area contributed by atoms with Crippen LogP contribution >= 0.6 is 12.4 Å². The molecule has 0 unspecified atom stereocenters. The Balaban J connectivity index is 0.00000259. The van der Waals surface area contributed by atoms with Gasteiger partial charge in [-0.25, -0.2) is 4.68 Å². The molecule has 0 bridgehead atoms. The van der Waals surface area contributed by atoms with Crippen LogP contribution in [-0.2, 0) is 7.05 Å². The molecule has 5 rings (SSSR count). The molecule has 1 aliphatic rings. The second-order valence-corrected chi connectivity index (χ2v) is 10.2. The fraction of sp³-hybridized carbons (Fsp3) is 0.417. The summed E-state index contributed by atoms with van der Waals surface area (Å²) in [5.41, 5.74) is 3.72. The van der Waals surface area contributed by atoms with E-state index in [1.165, 1.54) is 0 Å². The smallest absolute Gasteiger partial charge is 0.180 e. The zero-order valence-corrected chi connectivity index (χ0v) is 20.4. The first-order valence-corrected chi connectivity index (χ1v) is 10.9. The van der Waals surface area contributed by atoms with Crippen molar-refractivity contribution >= 4 is 23.4 Å². The van der Waals surface area contributed by atoms with Crippen LogP contribution in [0.2, 0.25) is 0 Å². The van der Waals surface area contributed by atoms with Gasteiger partial charge in [-0.15, -0.1) is 22.6 Å². The molecule has 9 heteroatoms. The van der Waals surface area contributed by atoms with Crippen molar-refractivity contribution in [2.75, 3.05) is 0 Å². The zero-order valence-electron chi connectivity index (χ0n) is 19.6. The fourth-order valence-corrected chi connectivity index (χ4v) is 5.17. The highest BCUT2D eigenvalue weighted by molar-refractivity contribution is 5.85. The number of phenols is 1. The molecule has 3 aromatic heterocycles. The van der Waals surface area contributed by atoms with E-state index in [0.29, 0.717) is 11.3 Å². The first-order valence-electron chi connectivity index (χ1n) is 10.9. The largest absolute Gasteiger partial charge is 0.507 e. The van der Waals surface area contributed by atoms with E-state index in [4.69, 9.17) is 0 Å². The molecule has 0 aliphatic carbocycles. The van der Waals surface area contributed by atoms with Crippen LogP contribution in [0.3, 0.4) is 0 Å². The van der Waals surface area contributed by atoms with E-state index in [0.717, 1.165) is 35.1 Å². The average Bonchev–Trinajstić information content (AvgIpc) is 3.31. The summed E-state index contributed by atoms with van der Waals surface area (Å²) in [5, 5.41) is 33.3. The topological polar surface area (TPSA) is 93.7 Å². The van der Waals surface area contributed by atoms with Crippen LogP contribution in [0.1, 0.15) is 46.6 Å². The third kappa shape index (κ3) is 4.45. The summed E-state index contributed by atoms with van der Waals surface area (Å²) < 4.78 is 3.75. The van der Waals surface area contributed by atoms with Gasteiger partial charge in [0.15, 0.2) is 5.65 Å². The molecule has 1 aliphatic heterocycles. The Hall–Kier alpha value is -2.97. The van der Waals surface area contributed by atoms with E-state index in [1.54, 1.807) is 10.7 Å². The Morgan fingerprint density at radius 1 is 1.00 bits per heavy atom. The summed E-state index contributed by atoms with van der Waals surface area (Å²) in [5.74, 6) is 0.149. The van der Waals surface area contributed by atoms with Gasteiger partial charge in [-0.3, -0.25) is 4.68 Å². The molecule has 8 nitrogen and oxygen atoms in total. The lowest BCUT2D eigenvalue weighted by Gasteiger charge is -2.46. The Morgan fingerprint density at radius 2 is 1.73 bits per heavy atom. The highest BCUT2D eigenvalue weighted by Gasteiger charge is 2.39. The first kappa shape index (κ1) is 23.2. The fourth-order valence-electron chi connectivity index (χ4n) is 5.17. The van der Waals surface area contributed by atoms with Gasteiger partial charge in [0.2, 0.25) is 0 Å². The number of benzene rings is 1. The lowest BCUT2D eigenvalue weighted by Crippen LogP contribution is -2.58. The second kappa shape index (κ2) is 8.11. The number of halogens is 1. The number of nitrogens with zero attached hydrogens (tertiary/aromatic N) is 6. The normalized spacial score (nSPS) is 17.7. The van der Waals surface area contributed by atoms with Crippen LogP contribution in [0.5, 0.6) is 5.75 Å². The third-order valence-corrected chi connectivity index (χ3v) is 6.14. The lowest BCUT2D eigenvalue weighted by molar-refractivity contribution is 0.128. The van der Waals surface area contributed by atoms with Crippen molar-refractivity contribution in [3.63, 3.8) is 0 Å². The quantitative estimate of drug-likeness (QED) is 0.460. The molecule has 174 valence electrons. The molecule has 2 N–H and O–H groups in total. The van der Waals surface area contributed by atoms with E-state index in [2.05, 4.69) is 53.4 Å². The molecule has 0 atom stereocenters. The minimum absolute atomic E-state index is 0. The number of phenolic OH excluding ortho intramolecular Hbond substituents is 1. The predicted molar refractivity (Wildman–Crippen MR) is 131 cm³/mol. The van der Waals surface area contributed by atoms with Crippen LogP contribution in [0.25, 0.3) is 33.5 Å². The van der Waals surface area contributed by atoms with E-state index in [9.17, 15) is 5.11 Å². The summed E-state index contributed by atoms with van der Waals surface area (Å²) >= 11 is 0. The summed E-state index contributed by atoms with van der Waals surface area (Å²) in [4.78, 5) is 0. The third-order valence-electron chi connectivity index (χ3n) is 6.14. The van der Waals surface area contributed by atoms with E-state index in [1.807, 2.05) is 48.4 Å². The average molecular weight is 468 g/mol. The lowest BCUT2D eigenvalue weighted by atomic mass is 9.79. The summed E-state index contributed by atoms with van der Waals surface area (Å²) in [6.07, 6.45) is 5.65. The van der Waals surface area contributed by atoms with Crippen molar-refractivity contribution in [2.24, 2.45) is 7.05 Å². The van der Waals surface area contributed by atoms with Crippen LogP contribution in [0.4, 0.5) is 0 Å². The number of aryl methyl sites for hydroxylation is 1.